The highest BCUT2D eigenvalue weighted by molar-refractivity contribution is 5.92. The molecule has 6 heteroatoms. The van der Waals surface area contributed by atoms with Gasteiger partial charge >= 0.3 is 0 Å². The lowest BCUT2D eigenvalue weighted by Gasteiger charge is -2.05. The van der Waals surface area contributed by atoms with Crippen LogP contribution in [-0.2, 0) is 13.6 Å². The van der Waals surface area contributed by atoms with E-state index >= 15 is 0 Å². The molecule has 0 unspecified atom stereocenters. The number of amides is 1. The quantitative estimate of drug-likeness (QED) is 0.691. The summed E-state index contributed by atoms with van der Waals surface area (Å²) in [6.07, 6.45) is 3.42. The SMILES string of the molecule is Cn1cccc1C(=O)NCc1cn[nH]c1N. The molecule has 2 heterocycles. The first-order chi connectivity index (χ1) is 7.68. The summed E-state index contributed by atoms with van der Waals surface area (Å²) in [7, 11) is 1.82. The van der Waals surface area contributed by atoms with Crippen LogP contribution in [0, 0.1) is 0 Å². The van der Waals surface area contributed by atoms with Gasteiger partial charge in [0, 0.05) is 25.4 Å². The normalized spacial score (nSPS) is 10.3. The van der Waals surface area contributed by atoms with Crippen LogP contribution in [0.4, 0.5) is 5.82 Å². The Morgan fingerprint density at radius 1 is 1.69 bits per heavy atom. The molecule has 2 aromatic heterocycles. The third-order valence-corrected chi connectivity index (χ3v) is 2.37. The minimum absolute atomic E-state index is 0.131. The van der Waals surface area contributed by atoms with Crippen LogP contribution in [0.15, 0.2) is 24.5 Å². The number of carbonyl (C=O) groups excluding carboxylic acids is 1. The van der Waals surface area contributed by atoms with Crippen molar-refractivity contribution >= 4 is 11.7 Å². The summed E-state index contributed by atoms with van der Waals surface area (Å²) >= 11 is 0. The zero-order valence-electron chi connectivity index (χ0n) is 8.90. The molecule has 1 amide bonds. The Labute approximate surface area is 92.5 Å². The highest BCUT2D eigenvalue weighted by Crippen LogP contribution is 2.06. The number of H-pyrrole nitrogens is 1. The molecule has 0 spiro atoms. The van der Waals surface area contributed by atoms with E-state index in [-0.39, 0.29) is 5.91 Å². The fourth-order valence-electron chi connectivity index (χ4n) is 1.43. The summed E-state index contributed by atoms with van der Waals surface area (Å²) in [4.78, 5) is 11.7. The second-order valence-electron chi connectivity index (χ2n) is 3.50. The third kappa shape index (κ3) is 1.90. The first kappa shape index (κ1) is 10.3. The Balaban J connectivity index is 1.99. The van der Waals surface area contributed by atoms with Gasteiger partial charge in [0.25, 0.3) is 5.91 Å². The number of hydrogen-bond donors (Lipinski definition) is 3. The topological polar surface area (TPSA) is 88.7 Å². The van der Waals surface area contributed by atoms with Gasteiger partial charge in [-0.15, -0.1) is 0 Å². The second-order valence-corrected chi connectivity index (χ2v) is 3.50. The molecular weight excluding hydrogens is 206 g/mol. The molecule has 4 N–H and O–H groups in total. The fraction of sp³-hybridized carbons (Fsp3) is 0.200. The minimum Gasteiger partial charge on any atom is -0.384 e. The van der Waals surface area contributed by atoms with E-state index in [4.69, 9.17) is 5.73 Å². The van der Waals surface area contributed by atoms with E-state index in [1.807, 2.05) is 19.3 Å². The standard InChI is InChI=1S/C10H13N5O/c1-15-4-2-3-8(15)10(16)12-5-7-6-13-14-9(7)11/h2-4,6H,5H2,1H3,(H,12,16)(H3,11,13,14). The third-order valence-electron chi connectivity index (χ3n) is 2.37. The first-order valence-electron chi connectivity index (χ1n) is 4.85. The number of rotatable bonds is 3. The molecule has 0 radical (unpaired) electrons. The van der Waals surface area contributed by atoms with Crippen LogP contribution in [0.25, 0.3) is 0 Å². The Kier molecular flexibility index (Phi) is 2.63. The molecule has 0 atom stereocenters. The summed E-state index contributed by atoms with van der Waals surface area (Å²) in [5.74, 6) is 0.347. The largest absolute Gasteiger partial charge is 0.384 e. The average molecular weight is 219 g/mol. The average Bonchev–Trinajstić information content (AvgIpc) is 2.84. The number of carbonyl (C=O) groups is 1. The van der Waals surface area contributed by atoms with E-state index < -0.39 is 0 Å². The van der Waals surface area contributed by atoms with Crippen LogP contribution >= 0.6 is 0 Å². The van der Waals surface area contributed by atoms with Crippen LogP contribution < -0.4 is 11.1 Å². The maximum absolute atomic E-state index is 11.7. The second kappa shape index (κ2) is 4.09. The van der Waals surface area contributed by atoms with Crippen molar-refractivity contribution in [3.05, 3.63) is 35.8 Å². The molecule has 84 valence electrons. The number of nitrogens with one attached hydrogen (secondary N) is 2. The zero-order valence-corrected chi connectivity index (χ0v) is 8.90. The molecule has 0 bridgehead atoms. The van der Waals surface area contributed by atoms with E-state index in [0.717, 1.165) is 5.56 Å². The van der Waals surface area contributed by atoms with Crippen LogP contribution in [0.2, 0.25) is 0 Å². The van der Waals surface area contributed by atoms with Gasteiger partial charge in [0.2, 0.25) is 0 Å². The minimum atomic E-state index is -0.131. The van der Waals surface area contributed by atoms with Crippen molar-refractivity contribution in [1.29, 1.82) is 0 Å². The first-order valence-corrected chi connectivity index (χ1v) is 4.85. The highest BCUT2D eigenvalue weighted by Gasteiger charge is 2.09. The van der Waals surface area contributed by atoms with Gasteiger partial charge in [-0.3, -0.25) is 9.89 Å². The van der Waals surface area contributed by atoms with Gasteiger partial charge in [-0.25, -0.2) is 0 Å². The number of aryl methyl sites for hydroxylation is 1. The van der Waals surface area contributed by atoms with Crippen LogP contribution in [0.3, 0.4) is 0 Å². The van der Waals surface area contributed by atoms with Gasteiger partial charge in [-0.2, -0.15) is 5.10 Å². The van der Waals surface area contributed by atoms with E-state index in [2.05, 4.69) is 15.5 Å². The molecule has 0 aliphatic carbocycles. The van der Waals surface area contributed by atoms with Gasteiger partial charge in [-0.05, 0) is 12.1 Å². The molecule has 0 saturated heterocycles. The molecular formula is C10H13N5O. The fourth-order valence-corrected chi connectivity index (χ4v) is 1.43. The Morgan fingerprint density at radius 3 is 3.06 bits per heavy atom. The smallest absolute Gasteiger partial charge is 0.268 e. The van der Waals surface area contributed by atoms with E-state index in [1.54, 1.807) is 16.8 Å². The maximum Gasteiger partial charge on any atom is 0.268 e. The van der Waals surface area contributed by atoms with E-state index in [1.165, 1.54) is 0 Å². The van der Waals surface area contributed by atoms with Gasteiger partial charge < -0.3 is 15.6 Å². The molecule has 0 aliphatic heterocycles. The van der Waals surface area contributed by atoms with Gasteiger partial charge in [-0.1, -0.05) is 0 Å². The van der Waals surface area contributed by atoms with E-state index in [0.29, 0.717) is 18.1 Å². The van der Waals surface area contributed by atoms with Gasteiger partial charge in [0.1, 0.15) is 11.5 Å². The van der Waals surface area contributed by atoms with Crippen LogP contribution in [-0.4, -0.2) is 20.7 Å². The van der Waals surface area contributed by atoms with E-state index in [9.17, 15) is 4.79 Å². The molecule has 16 heavy (non-hydrogen) atoms. The lowest BCUT2D eigenvalue weighted by atomic mass is 10.3. The maximum atomic E-state index is 11.7. The van der Waals surface area contributed by atoms with Crippen molar-refractivity contribution in [3.63, 3.8) is 0 Å². The Hall–Kier alpha value is -2.24. The number of nitrogens with zero attached hydrogens (tertiary/aromatic N) is 2. The van der Waals surface area contributed by atoms with Crippen molar-refractivity contribution in [2.45, 2.75) is 6.54 Å². The number of hydrogen-bond acceptors (Lipinski definition) is 3. The number of aromatic nitrogens is 3. The molecule has 6 nitrogen and oxygen atoms in total. The highest BCUT2D eigenvalue weighted by atomic mass is 16.1. The van der Waals surface area contributed by atoms with Crippen LogP contribution in [0.5, 0.6) is 0 Å². The monoisotopic (exact) mass is 219 g/mol. The van der Waals surface area contributed by atoms with Crippen LogP contribution in [0.1, 0.15) is 16.1 Å². The molecule has 0 aliphatic rings. The number of nitrogens with two attached hydrogens (primary N) is 1. The summed E-state index contributed by atoms with van der Waals surface area (Å²) in [6, 6.07) is 3.58. The number of aromatic amines is 1. The summed E-state index contributed by atoms with van der Waals surface area (Å²) in [5, 5.41) is 9.15. The van der Waals surface area contributed by atoms with Crippen molar-refractivity contribution in [3.8, 4) is 0 Å². The van der Waals surface area contributed by atoms with Crippen molar-refractivity contribution in [2.24, 2.45) is 7.05 Å². The summed E-state index contributed by atoms with van der Waals surface area (Å²) in [6.45, 7) is 0.367. The summed E-state index contributed by atoms with van der Waals surface area (Å²) < 4.78 is 1.76. The Bertz CT molecular complexity index is 499. The van der Waals surface area contributed by atoms with Gasteiger partial charge in [0.15, 0.2) is 0 Å². The van der Waals surface area contributed by atoms with Gasteiger partial charge in [0.05, 0.1) is 6.20 Å². The lowest BCUT2D eigenvalue weighted by Crippen LogP contribution is -2.24. The van der Waals surface area contributed by atoms with Crippen molar-refractivity contribution in [1.82, 2.24) is 20.1 Å². The number of anilines is 1. The van der Waals surface area contributed by atoms with Crippen molar-refractivity contribution < 1.29 is 4.79 Å². The predicted molar refractivity (Wildman–Crippen MR) is 59.6 cm³/mol. The molecule has 0 fully saturated rings. The van der Waals surface area contributed by atoms with Crippen molar-refractivity contribution in [2.75, 3.05) is 5.73 Å². The molecule has 2 aromatic rings. The number of nitrogen functional groups attached to an aromatic ring is 1. The predicted octanol–water partition coefficient (Wildman–Crippen LogP) is 0.260. The molecule has 2 rings (SSSR count). The molecule has 0 aromatic carbocycles. The molecule has 0 saturated carbocycles. The Morgan fingerprint density at radius 2 is 2.50 bits per heavy atom. The zero-order chi connectivity index (χ0) is 11.5. The lowest BCUT2D eigenvalue weighted by molar-refractivity contribution is 0.0943. The summed E-state index contributed by atoms with van der Waals surface area (Å²) in [5.41, 5.74) is 6.99.